The van der Waals surface area contributed by atoms with Gasteiger partial charge in [0.25, 0.3) is 0 Å². The van der Waals surface area contributed by atoms with Crippen LogP contribution in [-0.2, 0) is 30.9 Å². The summed E-state index contributed by atoms with van der Waals surface area (Å²) in [5, 5.41) is 11.4. The topological polar surface area (TPSA) is 76.4 Å². The number of methoxy groups -OCH3 is 1. The normalized spacial score (nSPS) is 16.6. The Morgan fingerprint density at radius 1 is 1.42 bits per heavy atom. The second-order valence-electron chi connectivity index (χ2n) is 6.35. The van der Waals surface area contributed by atoms with Gasteiger partial charge in [-0.1, -0.05) is 29.8 Å². The molecule has 0 aliphatic carbocycles. The fraction of sp³-hybridized carbons (Fsp3) is 0.500. The highest BCUT2D eigenvalue weighted by molar-refractivity contribution is 14.0. The molecule has 0 fully saturated rings. The largest absolute Gasteiger partial charge is 0.377 e. The third kappa shape index (κ3) is 5.41. The van der Waals surface area contributed by atoms with Crippen LogP contribution in [0.4, 0.5) is 0 Å². The number of nitrogens with zero attached hydrogens (tertiary/aromatic N) is 4. The van der Waals surface area contributed by atoms with Crippen LogP contribution in [0.2, 0.25) is 0 Å². The molecule has 0 spiro atoms. The van der Waals surface area contributed by atoms with Gasteiger partial charge in [0.2, 0.25) is 0 Å². The van der Waals surface area contributed by atoms with Crippen LogP contribution in [0.25, 0.3) is 0 Å². The lowest BCUT2D eigenvalue weighted by Crippen LogP contribution is -2.46. The quantitative estimate of drug-likeness (QED) is 0.398. The molecule has 0 amide bonds. The lowest BCUT2D eigenvalue weighted by Gasteiger charge is -2.25. The van der Waals surface area contributed by atoms with Crippen molar-refractivity contribution in [3.8, 4) is 0 Å². The Bertz CT molecular complexity index is 745. The minimum Gasteiger partial charge on any atom is -0.377 e. The number of hydrogen-bond acceptors (Lipinski definition) is 4. The summed E-state index contributed by atoms with van der Waals surface area (Å²) < 4.78 is 7.09. The highest BCUT2D eigenvalue weighted by atomic mass is 127. The predicted octanol–water partition coefficient (Wildman–Crippen LogP) is 2.03. The van der Waals surface area contributed by atoms with E-state index in [2.05, 4.69) is 56.9 Å². The molecule has 0 saturated heterocycles. The maximum absolute atomic E-state index is 5.11. The van der Waals surface area contributed by atoms with E-state index in [9.17, 15) is 0 Å². The highest BCUT2D eigenvalue weighted by Gasteiger charge is 2.22. The van der Waals surface area contributed by atoms with Crippen LogP contribution in [-0.4, -0.2) is 40.9 Å². The smallest absolute Gasteiger partial charge is 0.191 e. The molecule has 0 saturated carbocycles. The molecular weight excluding hydrogens is 443 g/mol. The molecule has 142 valence electrons. The van der Waals surface area contributed by atoms with E-state index in [1.807, 2.05) is 4.68 Å². The third-order valence-corrected chi connectivity index (χ3v) is 4.28. The summed E-state index contributed by atoms with van der Waals surface area (Å²) in [6, 6.07) is 8.76. The van der Waals surface area contributed by atoms with Crippen molar-refractivity contribution in [2.45, 2.75) is 45.5 Å². The molecule has 1 aromatic carbocycles. The van der Waals surface area contributed by atoms with Gasteiger partial charge in [-0.25, -0.2) is 9.67 Å². The number of halogens is 1. The van der Waals surface area contributed by atoms with E-state index >= 15 is 0 Å². The Morgan fingerprint density at radius 2 is 2.27 bits per heavy atom. The molecule has 2 heterocycles. The Morgan fingerprint density at radius 3 is 3.00 bits per heavy atom. The summed E-state index contributed by atoms with van der Waals surface area (Å²) in [5.74, 6) is 2.60. The van der Waals surface area contributed by atoms with Crippen molar-refractivity contribution >= 4 is 29.9 Å². The molecule has 8 heteroatoms. The molecule has 3 rings (SSSR count). The summed E-state index contributed by atoms with van der Waals surface area (Å²) in [4.78, 5) is 8.85. The number of rotatable bonds is 5. The highest BCUT2D eigenvalue weighted by Crippen LogP contribution is 2.13. The van der Waals surface area contributed by atoms with Crippen LogP contribution in [0.1, 0.15) is 29.2 Å². The maximum Gasteiger partial charge on any atom is 0.191 e. The second kappa shape index (κ2) is 9.86. The van der Waals surface area contributed by atoms with Crippen molar-refractivity contribution in [3.05, 3.63) is 47.0 Å². The van der Waals surface area contributed by atoms with Gasteiger partial charge in [-0.15, -0.1) is 24.0 Å². The minimum absolute atomic E-state index is 0. The van der Waals surface area contributed by atoms with E-state index in [0.29, 0.717) is 6.61 Å². The summed E-state index contributed by atoms with van der Waals surface area (Å²) in [5.41, 5.74) is 2.51. The Labute approximate surface area is 171 Å². The molecule has 1 aliphatic heterocycles. The Hall–Kier alpha value is -1.68. The van der Waals surface area contributed by atoms with Gasteiger partial charge in [0.15, 0.2) is 11.8 Å². The van der Waals surface area contributed by atoms with Gasteiger partial charge in [-0.3, -0.25) is 4.99 Å². The zero-order chi connectivity index (χ0) is 17.6. The molecule has 1 aliphatic rings. The number of aryl methyl sites for hydroxylation is 2. The van der Waals surface area contributed by atoms with Gasteiger partial charge in [-0.05, 0) is 18.9 Å². The average molecular weight is 470 g/mol. The number of nitrogens with one attached hydrogen (secondary N) is 2. The van der Waals surface area contributed by atoms with Gasteiger partial charge in [0.1, 0.15) is 12.4 Å². The van der Waals surface area contributed by atoms with Crippen molar-refractivity contribution < 1.29 is 4.74 Å². The van der Waals surface area contributed by atoms with Crippen LogP contribution >= 0.6 is 24.0 Å². The molecule has 0 bridgehead atoms. The van der Waals surface area contributed by atoms with Gasteiger partial charge in [-0.2, -0.15) is 5.10 Å². The second-order valence-corrected chi connectivity index (χ2v) is 6.35. The van der Waals surface area contributed by atoms with Crippen LogP contribution < -0.4 is 10.6 Å². The summed E-state index contributed by atoms with van der Waals surface area (Å²) in [6.45, 7) is 4.10. The first-order valence-corrected chi connectivity index (χ1v) is 8.62. The average Bonchev–Trinajstić information content (AvgIpc) is 3.00. The van der Waals surface area contributed by atoms with Crippen LogP contribution in [0.5, 0.6) is 0 Å². The summed E-state index contributed by atoms with van der Waals surface area (Å²) >= 11 is 0. The molecule has 0 radical (unpaired) electrons. The fourth-order valence-corrected chi connectivity index (χ4v) is 3.06. The lowest BCUT2D eigenvalue weighted by molar-refractivity contribution is 0.177. The van der Waals surface area contributed by atoms with Gasteiger partial charge in [0.05, 0.1) is 6.54 Å². The molecular formula is C18H27IN6O. The number of benzene rings is 1. The fourth-order valence-electron chi connectivity index (χ4n) is 3.06. The molecule has 1 unspecified atom stereocenters. The van der Waals surface area contributed by atoms with E-state index < -0.39 is 0 Å². The molecule has 1 atom stereocenters. The van der Waals surface area contributed by atoms with E-state index in [1.165, 1.54) is 11.1 Å². The first-order valence-electron chi connectivity index (χ1n) is 8.62. The first-order chi connectivity index (χ1) is 12.2. The van der Waals surface area contributed by atoms with Crippen molar-refractivity contribution in [3.63, 3.8) is 0 Å². The van der Waals surface area contributed by atoms with Crippen LogP contribution in [0.15, 0.2) is 29.3 Å². The number of aliphatic imine (C=N–C) groups is 1. The number of ether oxygens (including phenoxy) is 1. The van der Waals surface area contributed by atoms with Crippen LogP contribution in [0.3, 0.4) is 0 Å². The third-order valence-electron chi connectivity index (χ3n) is 4.28. The zero-order valence-electron chi connectivity index (χ0n) is 15.5. The van der Waals surface area contributed by atoms with E-state index in [-0.39, 0.29) is 30.0 Å². The monoisotopic (exact) mass is 470 g/mol. The molecule has 7 nitrogen and oxygen atoms in total. The summed E-state index contributed by atoms with van der Waals surface area (Å²) in [6.07, 6.45) is 1.92. The number of guanidine groups is 1. The molecule has 1 aromatic heterocycles. The zero-order valence-corrected chi connectivity index (χ0v) is 17.9. The first kappa shape index (κ1) is 20.6. The van der Waals surface area contributed by atoms with E-state index in [4.69, 9.17) is 4.74 Å². The van der Waals surface area contributed by atoms with E-state index in [1.54, 1.807) is 14.2 Å². The van der Waals surface area contributed by atoms with Crippen molar-refractivity contribution in [1.29, 1.82) is 0 Å². The Kier molecular flexibility index (Phi) is 7.83. The van der Waals surface area contributed by atoms with E-state index in [0.717, 1.165) is 43.5 Å². The minimum atomic E-state index is 0. The molecule has 26 heavy (non-hydrogen) atoms. The van der Waals surface area contributed by atoms with Crippen molar-refractivity contribution in [2.24, 2.45) is 4.99 Å². The SMILES string of the molecule is CN=C(NCc1cccc(C)c1)NC1CCc2nc(COC)nn2C1.I. The summed E-state index contributed by atoms with van der Waals surface area (Å²) in [7, 11) is 3.46. The lowest BCUT2D eigenvalue weighted by atomic mass is 10.1. The predicted molar refractivity (Wildman–Crippen MR) is 113 cm³/mol. The number of fused-ring (bicyclic) bond motifs is 1. The maximum atomic E-state index is 5.11. The molecule has 2 N–H and O–H groups in total. The standard InChI is InChI=1S/C18H26N6O.HI/c1-13-5-4-6-14(9-13)10-20-18(19-2)21-15-7-8-17-22-16(12-25-3)23-24(17)11-15;/h4-6,9,15H,7-8,10-12H2,1-3H3,(H2,19,20,21);1H. The van der Waals surface area contributed by atoms with Gasteiger partial charge >= 0.3 is 0 Å². The molecule has 2 aromatic rings. The van der Waals surface area contributed by atoms with Gasteiger partial charge < -0.3 is 15.4 Å². The number of hydrogen-bond donors (Lipinski definition) is 2. The van der Waals surface area contributed by atoms with Crippen molar-refractivity contribution in [2.75, 3.05) is 14.2 Å². The van der Waals surface area contributed by atoms with Crippen LogP contribution in [0, 0.1) is 6.92 Å². The van der Waals surface area contributed by atoms with Gasteiger partial charge in [0, 0.05) is 33.2 Å². The Balaban J connectivity index is 0.00000243. The number of aromatic nitrogens is 3. The van der Waals surface area contributed by atoms with Crippen molar-refractivity contribution in [1.82, 2.24) is 25.4 Å².